The maximum Gasteiger partial charge on any atom is 0.239 e. The Balaban J connectivity index is 1.86. The van der Waals surface area contributed by atoms with E-state index in [1.54, 1.807) is 4.90 Å². The number of para-hydroxylation sites is 1. The summed E-state index contributed by atoms with van der Waals surface area (Å²) in [6.45, 7) is 10.6. The number of likely N-dealkylation sites (N-methyl/N-ethyl adjacent to an activating group) is 2. The molecule has 1 heterocycles. The van der Waals surface area contributed by atoms with Crippen LogP contribution in [-0.4, -0.2) is 85.4 Å². The van der Waals surface area contributed by atoms with Crippen molar-refractivity contribution in [3.05, 3.63) is 30.3 Å². The number of rotatable bonds is 7. The molecular formula is C20H32N4O2. The van der Waals surface area contributed by atoms with Crippen LogP contribution in [0.1, 0.15) is 20.8 Å². The molecule has 1 atom stereocenters. The third-order valence-corrected chi connectivity index (χ3v) is 5.23. The summed E-state index contributed by atoms with van der Waals surface area (Å²) in [5.41, 5.74) is 1.20. The Labute approximate surface area is 157 Å². The van der Waals surface area contributed by atoms with Crippen molar-refractivity contribution < 1.29 is 9.59 Å². The summed E-state index contributed by atoms with van der Waals surface area (Å²) in [4.78, 5) is 33.0. The van der Waals surface area contributed by atoms with Gasteiger partial charge in [-0.1, -0.05) is 18.2 Å². The second kappa shape index (κ2) is 9.57. The first-order valence-electron chi connectivity index (χ1n) is 9.54. The van der Waals surface area contributed by atoms with E-state index in [4.69, 9.17) is 0 Å². The van der Waals surface area contributed by atoms with E-state index in [9.17, 15) is 9.59 Å². The van der Waals surface area contributed by atoms with E-state index >= 15 is 0 Å². The summed E-state index contributed by atoms with van der Waals surface area (Å²) < 4.78 is 0. The lowest BCUT2D eigenvalue weighted by Crippen LogP contribution is -2.54. The number of hydrogen-bond acceptors (Lipinski definition) is 4. The summed E-state index contributed by atoms with van der Waals surface area (Å²) in [7, 11) is 1.85. The largest absolute Gasteiger partial charge is 0.368 e. The number of nitrogens with zero attached hydrogens (tertiary/aromatic N) is 4. The second-order valence-electron chi connectivity index (χ2n) is 6.80. The van der Waals surface area contributed by atoms with Crippen LogP contribution in [0.2, 0.25) is 0 Å². The van der Waals surface area contributed by atoms with Crippen molar-refractivity contribution in [2.45, 2.75) is 26.8 Å². The standard InChI is InChI=1S/C20H32N4O2/c1-5-22(6-2)19(25)16-21(4)17(3)20(26)24-14-12-23(13-15-24)18-10-8-7-9-11-18/h7-11,17H,5-6,12-16H2,1-4H3. The SMILES string of the molecule is CCN(CC)C(=O)CN(C)C(C)C(=O)N1CCN(c2ccccc2)CC1. The fourth-order valence-corrected chi connectivity index (χ4v) is 3.30. The maximum atomic E-state index is 12.8. The molecule has 6 heteroatoms. The molecule has 1 aliphatic heterocycles. The molecule has 26 heavy (non-hydrogen) atoms. The summed E-state index contributed by atoms with van der Waals surface area (Å²) >= 11 is 0. The molecule has 1 fully saturated rings. The molecule has 0 aliphatic carbocycles. The number of amides is 2. The Morgan fingerprint density at radius 2 is 1.62 bits per heavy atom. The lowest BCUT2D eigenvalue weighted by Gasteiger charge is -2.38. The number of piperazine rings is 1. The van der Waals surface area contributed by atoms with Crippen LogP contribution in [0.4, 0.5) is 5.69 Å². The average Bonchev–Trinajstić information content (AvgIpc) is 2.68. The zero-order valence-electron chi connectivity index (χ0n) is 16.5. The summed E-state index contributed by atoms with van der Waals surface area (Å²) in [6.07, 6.45) is 0. The molecule has 6 nitrogen and oxygen atoms in total. The van der Waals surface area contributed by atoms with Crippen LogP contribution in [0.15, 0.2) is 30.3 Å². The molecule has 1 aromatic rings. The summed E-state index contributed by atoms with van der Waals surface area (Å²) in [6, 6.07) is 10.0. The topological polar surface area (TPSA) is 47.1 Å². The molecule has 1 saturated heterocycles. The molecule has 0 bridgehead atoms. The minimum absolute atomic E-state index is 0.0750. The van der Waals surface area contributed by atoms with Gasteiger partial charge >= 0.3 is 0 Å². The van der Waals surface area contributed by atoms with E-state index in [-0.39, 0.29) is 24.4 Å². The molecule has 144 valence electrons. The van der Waals surface area contributed by atoms with Crippen LogP contribution in [0.5, 0.6) is 0 Å². The van der Waals surface area contributed by atoms with Gasteiger partial charge in [0.15, 0.2) is 0 Å². The van der Waals surface area contributed by atoms with E-state index < -0.39 is 0 Å². The molecule has 0 spiro atoms. The second-order valence-corrected chi connectivity index (χ2v) is 6.80. The highest BCUT2D eigenvalue weighted by Crippen LogP contribution is 2.16. The quantitative estimate of drug-likeness (QED) is 0.740. The van der Waals surface area contributed by atoms with Gasteiger partial charge in [-0.05, 0) is 40.0 Å². The van der Waals surface area contributed by atoms with Crippen LogP contribution in [0.3, 0.4) is 0 Å². The monoisotopic (exact) mass is 360 g/mol. The predicted molar refractivity (Wildman–Crippen MR) is 105 cm³/mol. The fourth-order valence-electron chi connectivity index (χ4n) is 3.30. The lowest BCUT2D eigenvalue weighted by molar-refractivity contribution is -0.138. The first-order valence-corrected chi connectivity index (χ1v) is 9.54. The van der Waals surface area contributed by atoms with Gasteiger partial charge in [-0.3, -0.25) is 14.5 Å². The number of carbonyl (C=O) groups is 2. The van der Waals surface area contributed by atoms with Crippen LogP contribution in [-0.2, 0) is 9.59 Å². The highest BCUT2D eigenvalue weighted by molar-refractivity contribution is 5.83. The molecule has 0 radical (unpaired) electrons. The van der Waals surface area contributed by atoms with E-state index in [2.05, 4.69) is 17.0 Å². The van der Waals surface area contributed by atoms with Crippen LogP contribution >= 0.6 is 0 Å². The Morgan fingerprint density at radius 1 is 1.04 bits per heavy atom. The molecule has 1 unspecified atom stereocenters. The molecule has 0 saturated carbocycles. The van der Waals surface area contributed by atoms with E-state index in [0.717, 1.165) is 26.2 Å². The molecule has 0 aromatic heterocycles. The van der Waals surface area contributed by atoms with Crippen LogP contribution in [0.25, 0.3) is 0 Å². The zero-order chi connectivity index (χ0) is 19.1. The molecule has 1 aromatic carbocycles. The van der Waals surface area contributed by atoms with Crippen LogP contribution < -0.4 is 4.90 Å². The smallest absolute Gasteiger partial charge is 0.239 e. The number of carbonyl (C=O) groups excluding carboxylic acids is 2. The van der Waals surface area contributed by atoms with Gasteiger partial charge in [-0.2, -0.15) is 0 Å². The van der Waals surface area contributed by atoms with Gasteiger partial charge in [0.05, 0.1) is 12.6 Å². The highest BCUT2D eigenvalue weighted by atomic mass is 16.2. The van der Waals surface area contributed by atoms with Gasteiger partial charge in [-0.25, -0.2) is 0 Å². The van der Waals surface area contributed by atoms with E-state index in [0.29, 0.717) is 13.1 Å². The Bertz CT molecular complexity index is 581. The van der Waals surface area contributed by atoms with Crippen molar-refractivity contribution >= 4 is 17.5 Å². The molecular weight excluding hydrogens is 328 g/mol. The van der Waals surface area contributed by atoms with Gasteiger partial charge in [0.25, 0.3) is 0 Å². The number of hydrogen-bond donors (Lipinski definition) is 0. The van der Waals surface area contributed by atoms with Crippen molar-refractivity contribution in [2.75, 3.05) is 57.8 Å². The third-order valence-electron chi connectivity index (χ3n) is 5.23. The van der Waals surface area contributed by atoms with Gasteiger partial charge in [0.2, 0.25) is 11.8 Å². The first kappa shape index (κ1) is 20.2. The highest BCUT2D eigenvalue weighted by Gasteiger charge is 2.28. The minimum Gasteiger partial charge on any atom is -0.368 e. The predicted octanol–water partition coefficient (Wildman–Crippen LogP) is 1.52. The van der Waals surface area contributed by atoms with E-state index in [1.165, 1.54) is 5.69 Å². The number of anilines is 1. The van der Waals surface area contributed by atoms with Crippen molar-refractivity contribution in [2.24, 2.45) is 0 Å². The van der Waals surface area contributed by atoms with Crippen molar-refractivity contribution in [3.63, 3.8) is 0 Å². The fraction of sp³-hybridized carbons (Fsp3) is 0.600. The van der Waals surface area contributed by atoms with Gasteiger partial charge in [0, 0.05) is 45.0 Å². The molecule has 0 N–H and O–H groups in total. The molecule has 1 aliphatic rings. The van der Waals surface area contributed by atoms with Crippen LogP contribution in [0, 0.1) is 0 Å². The summed E-state index contributed by atoms with van der Waals surface area (Å²) in [5.74, 6) is 0.179. The first-order chi connectivity index (χ1) is 12.5. The van der Waals surface area contributed by atoms with Gasteiger partial charge in [-0.15, -0.1) is 0 Å². The number of benzene rings is 1. The molecule has 2 rings (SSSR count). The Morgan fingerprint density at radius 3 is 2.15 bits per heavy atom. The normalized spacial score (nSPS) is 15.9. The minimum atomic E-state index is -0.294. The maximum absolute atomic E-state index is 12.8. The van der Waals surface area contributed by atoms with Crippen molar-refractivity contribution in [1.82, 2.24) is 14.7 Å². The summed E-state index contributed by atoms with van der Waals surface area (Å²) in [5, 5.41) is 0. The van der Waals surface area contributed by atoms with Gasteiger partial charge < -0.3 is 14.7 Å². The Kier molecular flexibility index (Phi) is 7.45. The third kappa shape index (κ3) is 4.97. The van der Waals surface area contributed by atoms with Gasteiger partial charge in [0.1, 0.15) is 0 Å². The Hall–Kier alpha value is -2.08. The average molecular weight is 361 g/mol. The lowest BCUT2D eigenvalue weighted by atomic mass is 10.2. The van der Waals surface area contributed by atoms with E-state index in [1.807, 2.05) is 55.8 Å². The van der Waals surface area contributed by atoms with Crippen molar-refractivity contribution in [1.29, 1.82) is 0 Å². The van der Waals surface area contributed by atoms with Crippen molar-refractivity contribution in [3.8, 4) is 0 Å². The molecule has 2 amide bonds. The zero-order valence-corrected chi connectivity index (χ0v) is 16.5.